The lowest BCUT2D eigenvalue weighted by atomic mass is 9.96. The van der Waals surface area contributed by atoms with Crippen LogP contribution in [0, 0.1) is 13.8 Å². The maximum atomic E-state index is 2.41. The van der Waals surface area contributed by atoms with Gasteiger partial charge in [-0.15, -0.1) is 0 Å². The number of rotatable bonds is 6. The second-order valence-electron chi connectivity index (χ2n) is 13.2. The van der Waals surface area contributed by atoms with Crippen LogP contribution in [0.4, 0.5) is 34.1 Å². The molecule has 0 fully saturated rings. The zero-order chi connectivity index (χ0) is 32.2. The van der Waals surface area contributed by atoms with E-state index < -0.39 is 0 Å². The average molecular weight is 617 g/mol. The molecule has 0 spiro atoms. The third kappa shape index (κ3) is 4.80. The second-order valence-corrected chi connectivity index (χ2v) is 13.2. The zero-order valence-corrected chi connectivity index (χ0v) is 27.3. The summed E-state index contributed by atoms with van der Waals surface area (Å²) in [6, 6.07) is 57.9. The van der Waals surface area contributed by atoms with Gasteiger partial charge in [0.15, 0.2) is 0 Å². The number of anilines is 6. The Balaban J connectivity index is 1.07. The summed E-state index contributed by atoms with van der Waals surface area (Å²) in [4.78, 5) is 4.74. The molecule has 0 unspecified atom stereocenters. The molecule has 9 rings (SSSR count). The number of hydrogen-bond donors (Lipinski definition) is 0. The van der Waals surface area contributed by atoms with Gasteiger partial charge in [-0.25, -0.2) is 0 Å². The smallest absolute Gasteiger partial charge is 0.0464 e. The van der Waals surface area contributed by atoms with Crippen molar-refractivity contribution in [3.05, 3.63) is 191 Å². The van der Waals surface area contributed by atoms with Gasteiger partial charge in [0, 0.05) is 34.1 Å². The van der Waals surface area contributed by atoms with Crippen LogP contribution in [0.25, 0.3) is 22.3 Å². The van der Waals surface area contributed by atoms with Crippen LogP contribution < -0.4 is 9.80 Å². The minimum Gasteiger partial charge on any atom is -0.310 e. The molecular formula is C46H36N2. The Morgan fingerprint density at radius 3 is 1.06 bits per heavy atom. The van der Waals surface area contributed by atoms with Gasteiger partial charge in [-0.3, -0.25) is 0 Å². The van der Waals surface area contributed by atoms with Crippen molar-refractivity contribution in [2.24, 2.45) is 0 Å². The molecule has 48 heavy (non-hydrogen) atoms. The highest BCUT2D eigenvalue weighted by molar-refractivity contribution is 5.90. The Morgan fingerprint density at radius 1 is 0.333 bits per heavy atom. The maximum absolute atomic E-state index is 2.41. The monoisotopic (exact) mass is 616 g/mol. The van der Waals surface area contributed by atoms with Crippen molar-refractivity contribution < 1.29 is 0 Å². The van der Waals surface area contributed by atoms with E-state index in [2.05, 4.69) is 181 Å². The molecule has 7 aromatic rings. The van der Waals surface area contributed by atoms with Crippen LogP contribution in [-0.2, 0) is 12.8 Å². The van der Waals surface area contributed by atoms with E-state index in [0.717, 1.165) is 12.8 Å². The topological polar surface area (TPSA) is 6.48 Å². The molecule has 0 amide bonds. The van der Waals surface area contributed by atoms with E-state index in [9.17, 15) is 0 Å². The van der Waals surface area contributed by atoms with Crippen molar-refractivity contribution in [1.82, 2.24) is 0 Å². The first-order chi connectivity index (χ1) is 23.6. The molecule has 2 nitrogen and oxygen atoms in total. The van der Waals surface area contributed by atoms with Gasteiger partial charge in [0.1, 0.15) is 0 Å². The van der Waals surface area contributed by atoms with Gasteiger partial charge in [-0.2, -0.15) is 0 Å². The van der Waals surface area contributed by atoms with Crippen molar-refractivity contribution in [3.8, 4) is 22.3 Å². The molecule has 0 aromatic heterocycles. The van der Waals surface area contributed by atoms with E-state index in [0.29, 0.717) is 0 Å². The van der Waals surface area contributed by atoms with Gasteiger partial charge in [-0.05, 0) is 144 Å². The van der Waals surface area contributed by atoms with Gasteiger partial charge in [0.05, 0.1) is 0 Å². The van der Waals surface area contributed by atoms with Crippen LogP contribution in [-0.4, -0.2) is 0 Å². The van der Waals surface area contributed by atoms with Gasteiger partial charge >= 0.3 is 0 Å². The molecule has 0 heterocycles. The minimum atomic E-state index is 0.957. The summed E-state index contributed by atoms with van der Waals surface area (Å²) in [6.45, 7) is 4.29. The molecule has 2 aliphatic carbocycles. The average Bonchev–Trinajstić information content (AvgIpc) is 3.69. The molecule has 230 valence electrons. The van der Waals surface area contributed by atoms with Crippen molar-refractivity contribution >= 4 is 34.1 Å². The quantitative estimate of drug-likeness (QED) is 0.183. The number of aryl methyl sites for hydroxylation is 2. The van der Waals surface area contributed by atoms with Crippen molar-refractivity contribution in [2.75, 3.05) is 9.80 Å². The highest BCUT2D eigenvalue weighted by Gasteiger charge is 2.29. The first kappa shape index (κ1) is 28.4. The first-order valence-electron chi connectivity index (χ1n) is 16.9. The molecule has 2 aliphatic rings. The lowest BCUT2D eigenvalue weighted by Crippen LogP contribution is -2.10. The van der Waals surface area contributed by atoms with Crippen LogP contribution in [0.15, 0.2) is 158 Å². The molecule has 7 aromatic carbocycles. The summed E-state index contributed by atoms with van der Waals surface area (Å²) in [5.74, 6) is 0. The van der Waals surface area contributed by atoms with Crippen LogP contribution >= 0.6 is 0 Å². The van der Waals surface area contributed by atoms with Gasteiger partial charge in [0.2, 0.25) is 0 Å². The lowest BCUT2D eigenvalue weighted by molar-refractivity contribution is 1.16. The van der Waals surface area contributed by atoms with Gasteiger partial charge in [-0.1, -0.05) is 96.1 Å². The Hall–Kier alpha value is -5.86. The van der Waals surface area contributed by atoms with E-state index in [1.54, 1.807) is 0 Å². The maximum Gasteiger partial charge on any atom is 0.0464 e. The van der Waals surface area contributed by atoms with Crippen LogP contribution in [0.5, 0.6) is 0 Å². The van der Waals surface area contributed by atoms with Crippen LogP contribution in [0.1, 0.15) is 33.4 Å². The third-order valence-electron chi connectivity index (χ3n) is 10.1. The number of fused-ring (bicyclic) bond motifs is 7. The number of hydrogen-bond acceptors (Lipinski definition) is 2. The summed E-state index contributed by atoms with van der Waals surface area (Å²) in [6.07, 6.45) is 1.91. The SMILES string of the molecule is Cc1ccc(N(c2ccccc2)c2ccc3c(c2)Cc2c-3ccc3c2Cc2cc(N(c4ccccc4)c4ccc(C)cc4)ccc2-3)cc1. The van der Waals surface area contributed by atoms with Crippen molar-refractivity contribution in [2.45, 2.75) is 26.7 Å². The molecule has 0 saturated heterocycles. The van der Waals surface area contributed by atoms with E-state index in [-0.39, 0.29) is 0 Å². The zero-order valence-electron chi connectivity index (χ0n) is 27.3. The molecule has 0 atom stereocenters. The van der Waals surface area contributed by atoms with Gasteiger partial charge in [0.25, 0.3) is 0 Å². The third-order valence-corrected chi connectivity index (χ3v) is 10.1. The molecular weight excluding hydrogens is 581 g/mol. The Labute approximate surface area is 283 Å². The van der Waals surface area contributed by atoms with E-state index >= 15 is 0 Å². The molecule has 0 N–H and O–H groups in total. The molecule has 0 radical (unpaired) electrons. The van der Waals surface area contributed by atoms with Crippen molar-refractivity contribution in [1.29, 1.82) is 0 Å². The Kier molecular flexibility index (Phi) is 6.76. The second kappa shape index (κ2) is 11.4. The summed E-state index contributed by atoms with van der Waals surface area (Å²) in [5.41, 5.74) is 20.8. The molecule has 0 bridgehead atoms. The molecule has 2 heteroatoms. The fraction of sp³-hybridized carbons (Fsp3) is 0.0870. The summed E-state index contributed by atoms with van der Waals surface area (Å²) in [5, 5.41) is 0. The number of benzene rings is 7. The summed E-state index contributed by atoms with van der Waals surface area (Å²) in [7, 11) is 0. The minimum absolute atomic E-state index is 0.957. The normalized spacial score (nSPS) is 12.2. The standard InChI is InChI=1S/C46H36N2/c1-31-13-17-37(18-14-31)47(35-9-5-3-6-10-35)39-21-23-41-33(27-39)29-45-43(41)25-26-44-42-24-22-40(28-34(42)30-46(44)45)48(36-11-7-4-8-12-36)38-19-15-32(2)16-20-38/h3-28H,29-30H2,1-2H3. The summed E-state index contributed by atoms with van der Waals surface area (Å²) < 4.78 is 0. The number of para-hydroxylation sites is 2. The summed E-state index contributed by atoms with van der Waals surface area (Å²) >= 11 is 0. The van der Waals surface area contributed by atoms with E-state index in [1.165, 1.54) is 89.8 Å². The van der Waals surface area contributed by atoms with E-state index in [1.807, 2.05) is 0 Å². The fourth-order valence-corrected chi connectivity index (χ4v) is 7.68. The fourth-order valence-electron chi connectivity index (χ4n) is 7.68. The highest BCUT2D eigenvalue weighted by atomic mass is 15.1. The Bertz CT molecular complexity index is 2120. The Morgan fingerprint density at radius 2 is 0.667 bits per heavy atom. The highest BCUT2D eigenvalue weighted by Crippen LogP contribution is 2.49. The molecule has 0 saturated carbocycles. The van der Waals surface area contributed by atoms with Crippen LogP contribution in [0.2, 0.25) is 0 Å². The van der Waals surface area contributed by atoms with Crippen molar-refractivity contribution in [3.63, 3.8) is 0 Å². The van der Waals surface area contributed by atoms with E-state index in [4.69, 9.17) is 0 Å². The predicted molar refractivity (Wildman–Crippen MR) is 202 cm³/mol. The van der Waals surface area contributed by atoms with Gasteiger partial charge < -0.3 is 9.80 Å². The molecule has 0 aliphatic heterocycles. The predicted octanol–water partition coefficient (Wildman–Crippen LogP) is 12.4. The lowest BCUT2D eigenvalue weighted by Gasteiger charge is -2.26. The largest absolute Gasteiger partial charge is 0.310 e. The first-order valence-corrected chi connectivity index (χ1v) is 16.9. The number of nitrogens with zero attached hydrogens (tertiary/aromatic N) is 2. The van der Waals surface area contributed by atoms with Crippen LogP contribution in [0.3, 0.4) is 0 Å².